The molecule has 10 rings (SSSR count). The molecule has 0 fully saturated rings. The minimum atomic E-state index is 0.596. The van der Waals surface area contributed by atoms with Crippen LogP contribution < -0.4 is 4.90 Å². The third kappa shape index (κ3) is 5.74. The van der Waals surface area contributed by atoms with Crippen molar-refractivity contribution < 1.29 is 4.42 Å². The second-order valence-electron chi connectivity index (χ2n) is 13.3. The molecular formula is C49H32N4O. The maximum atomic E-state index is 6.59. The number of furan rings is 1. The van der Waals surface area contributed by atoms with Crippen LogP contribution in [0.5, 0.6) is 0 Å². The average molecular weight is 693 g/mol. The van der Waals surface area contributed by atoms with E-state index in [-0.39, 0.29) is 0 Å². The van der Waals surface area contributed by atoms with Crippen LogP contribution in [-0.2, 0) is 0 Å². The third-order valence-electron chi connectivity index (χ3n) is 9.88. The van der Waals surface area contributed by atoms with E-state index in [0.717, 1.165) is 72.2 Å². The van der Waals surface area contributed by atoms with Gasteiger partial charge < -0.3 is 9.32 Å². The Hall–Kier alpha value is -7.37. The van der Waals surface area contributed by atoms with Crippen molar-refractivity contribution in [2.24, 2.45) is 0 Å². The third-order valence-corrected chi connectivity index (χ3v) is 9.88. The lowest BCUT2D eigenvalue weighted by molar-refractivity contribution is 0.669. The van der Waals surface area contributed by atoms with E-state index >= 15 is 0 Å². The molecule has 0 saturated heterocycles. The van der Waals surface area contributed by atoms with Gasteiger partial charge in [0.05, 0.1) is 0 Å². The molecule has 5 heteroatoms. The SMILES string of the molecule is c1ccc(-c2nc(-c3ccc4ccccc4c3)nc(-c3cccc4oc5cc(-c6cccc(N(c7ccccc7)c7ccccc7)c6)ccc5c34)n2)cc1. The molecule has 0 atom stereocenters. The van der Waals surface area contributed by atoms with Gasteiger partial charge in [0, 0.05) is 44.5 Å². The van der Waals surface area contributed by atoms with Gasteiger partial charge in [0.1, 0.15) is 11.2 Å². The zero-order valence-corrected chi connectivity index (χ0v) is 29.2. The molecule has 0 aliphatic heterocycles. The zero-order valence-electron chi connectivity index (χ0n) is 29.2. The predicted octanol–water partition coefficient (Wildman–Crippen LogP) is 13.1. The van der Waals surface area contributed by atoms with Crippen LogP contribution in [0.15, 0.2) is 199 Å². The number of anilines is 3. The summed E-state index contributed by atoms with van der Waals surface area (Å²) in [6.07, 6.45) is 0. The average Bonchev–Trinajstić information content (AvgIpc) is 3.63. The van der Waals surface area contributed by atoms with Gasteiger partial charge in [0.15, 0.2) is 17.5 Å². The van der Waals surface area contributed by atoms with E-state index < -0.39 is 0 Å². The van der Waals surface area contributed by atoms with Crippen molar-refractivity contribution >= 4 is 49.8 Å². The van der Waals surface area contributed by atoms with Crippen molar-refractivity contribution in [1.82, 2.24) is 15.0 Å². The monoisotopic (exact) mass is 692 g/mol. The number of fused-ring (bicyclic) bond motifs is 4. The molecule has 0 radical (unpaired) electrons. The smallest absolute Gasteiger partial charge is 0.164 e. The largest absolute Gasteiger partial charge is 0.456 e. The first-order valence-corrected chi connectivity index (χ1v) is 18.0. The second kappa shape index (κ2) is 13.3. The van der Waals surface area contributed by atoms with Gasteiger partial charge in [-0.25, -0.2) is 15.0 Å². The van der Waals surface area contributed by atoms with Gasteiger partial charge in [-0.05, 0) is 82.6 Å². The minimum Gasteiger partial charge on any atom is -0.456 e. The van der Waals surface area contributed by atoms with Crippen LogP contribution in [0.4, 0.5) is 17.1 Å². The minimum absolute atomic E-state index is 0.596. The number of nitrogens with zero attached hydrogens (tertiary/aromatic N) is 4. The van der Waals surface area contributed by atoms with Crippen LogP contribution in [-0.4, -0.2) is 15.0 Å². The molecule has 0 aliphatic carbocycles. The van der Waals surface area contributed by atoms with E-state index in [2.05, 4.69) is 144 Å². The Morgan fingerprint density at radius 3 is 1.69 bits per heavy atom. The van der Waals surface area contributed by atoms with Crippen LogP contribution in [0.1, 0.15) is 0 Å². The standard InChI is InChI=1S/C49H32N4O/c1-4-15-34(16-5-1)47-50-48(38-27-26-33-14-10-11-17-35(33)30-38)52-49(51-47)43-24-13-25-44-46(43)42-29-28-37(32-45(42)54-44)36-18-12-23-41(31-36)53(39-19-6-2-7-20-39)40-21-8-3-9-22-40/h1-32H. The highest BCUT2D eigenvalue weighted by Gasteiger charge is 2.19. The molecule has 0 amide bonds. The molecule has 0 unspecified atom stereocenters. The van der Waals surface area contributed by atoms with Gasteiger partial charge in [-0.15, -0.1) is 0 Å². The van der Waals surface area contributed by atoms with E-state index in [4.69, 9.17) is 19.4 Å². The molecule has 0 saturated carbocycles. The molecule has 10 aromatic rings. The fraction of sp³-hybridized carbons (Fsp3) is 0. The lowest BCUT2D eigenvalue weighted by Gasteiger charge is -2.25. The van der Waals surface area contributed by atoms with E-state index in [1.807, 2.05) is 54.6 Å². The summed E-state index contributed by atoms with van der Waals surface area (Å²) in [6, 6.07) is 66.9. The van der Waals surface area contributed by atoms with Crippen LogP contribution >= 0.6 is 0 Å². The number of rotatable bonds is 7. The van der Waals surface area contributed by atoms with Crippen molar-refractivity contribution in [3.63, 3.8) is 0 Å². The normalized spacial score (nSPS) is 11.3. The molecule has 0 N–H and O–H groups in total. The van der Waals surface area contributed by atoms with Gasteiger partial charge in [-0.1, -0.05) is 133 Å². The van der Waals surface area contributed by atoms with Crippen LogP contribution in [0.2, 0.25) is 0 Å². The molecular weight excluding hydrogens is 661 g/mol. The van der Waals surface area contributed by atoms with Crippen molar-refractivity contribution in [3.05, 3.63) is 194 Å². The summed E-state index contributed by atoms with van der Waals surface area (Å²) >= 11 is 0. The maximum absolute atomic E-state index is 6.59. The number of aromatic nitrogens is 3. The number of hydrogen-bond acceptors (Lipinski definition) is 5. The quantitative estimate of drug-likeness (QED) is 0.166. The summed E-state index contributed by atoms with van der Waals surface area (Å²) in [5.41, 5.74) is 9.76. The molecule has 8 aromatic carbocycles. The first-order valence-electron chi connectivity index (χ1n) is 18.0. The van der Waals surface area contributed by atoms with E-state index in [0.29, 0.717) is 17.5 Å². The maximum Gasteiger partial charge on any atom is 0.164 e. The molecule has 0 bridgehead atoms. The summed E-state index contributed by atoms with van der Waals surface area (Å²) in [4.78, 5) is 17.5. The Morgan fingerprint density at radius 1 is 0.352 bits per heavy atom. The summed E-state index contributed by atoms with van der Waals surface area (Å²) in [5, 5.41) is 4.28. The summed E-state index contributed by atoms with van der Waals surface area (Å²) in [6.45, 7) is 0. The highest BCUT2D eigenvalue weighted by molar-refractivity contribution is 6.12. The molecule has 254 valence electrons. The molecule has 0 aliphatic rings. The van der Waals surface area contributed by atoms with E-state index in [1.54, 1.807) is 0 Å². The van der Waals surface area contributed by atoms with E-state index in [1.165, 1.54) is 5.39 Å². The lowest BCUT2D eigenvalue weighted by Crippen LogP contribution is -2.09. The van der Waals surface area contributed by atoms with Crippen LogP contribution in [0, 0.1) is 0 Å². The topological polar surface area (TPSA) is 55.1 Å². The highest BCUT2D eigenvalue weighted by Crippen LogP contribution is 2.40. The van der Waals surface area contributed by atoms with Crippen molar-refractivity contribution in [3.8, 4) is 45.3 Å². The number of hydrogen-bond donors (Lipinski definition) is 0. The van der Waals surface area contributed by atoms with Crippen molar-refractivity contribution in [1.29, 1.82) is 0 Å². The van der Waals surface area contributed by atoms with Crippen LogP contribution in [0.3, 0.4) is 0 Å². The Kier molecular flexibility index (Phi) is 7.73. The zero-order chi connectivity index (χ0) is 35.8. The first kappa shape index (κ1) is 31.4. The fourth-order valence-electron chi connectivity index (χ4n) is 7.29. The molecule has 54 heavy (non-hydrogen) atoms. The lowest BCUT2D eigenvalue weighted by atomic mass is 10.0. The van der Waals surface area contributed by atoms with Gasteiger partial charge in [0.2, 0.25) is 0 Å². The Balaban J connectivity index is 1.09. The number of benzene rings is 8. The Bertz CT molecular complexity index is 2900. The van der Waals surface area contributed by atoms with Crippen molar-refractivity contribution in [2.45, 2.75) is 0 Å². The van der Waals surface area contributed by atoms with Gasteiger partial charge in [-0.2, -0.15) is 0 Å². The summed E-state index contributed by atoms with van der Waals surface area (Å²) in [7, 11) is 0. The van der Waals surface area contributed by atoms with Gasteiger partial charge >= 0.3 is 0 Å². The summed E-state index contributed by atoms with van der Waals surface area (Å²) < 4.78 is 6.59. The molecule has 2 aromatic heterocycles. The number of para-hydroxylation sites is 2. The fourth-order valence-corrected chi connectivity index (χ4v) is 7.29. The van der Waals surface area contributed by atoms with E-state index in [9.17, 15) is 0 Å². The summed E-state index contributed by atoms with van der Waals surface area (Å²) in [5.74, 6) is 1.84. The second-order valence-corrected chi connectivity index (χ2v) is 13.3. The molecule has 5 nitrogen and oxygen atoms in total. The Morgan fingerprint density at radius 2 is 0.926 bits per heavy atom. The Labute approximate surface area is 312 Å². The molecule has 0 spiro atoms. The molecule has 2 heterocycles. The predicted molar refractivity (Wildman–Crippen MR) is 221 cm³/mol. The highest BCUT2D eigenvalue weighted by atomic mass is 16.3. The van der Waals surface area contributed by atoms with Crippen LogP contribution in [0.25, 0.3) is 78.0 Å². The van der Waals surface area contributed by atoms with Gasteiger partial charge in [0.25, 0.3) is 0 Å². The van der Waals surface area contributed by atoms with Gasteiger partial charge in [-0.3, -0.25) is 0 Å². The first-order chi connectivity index (χ1) is 26.7. The van der Waals surface area contributed by atoms with Crippen molar-refractivity contribution in [2.75, 3.05) is 4.90 Å².